The molecule has 1 aromatic rings. The molecule has 0 fully saturated rings. The summed E-state index contributed by atoms with van der Waals surface area (Å²) < 4.78 is 18.0. The highest BCUT2D eigenvalue weighted by Gasteiger charge is 2.19. The lowest BCUT2D eigenvalue weighted by Crippen LogP contribution is -2.24. The van der Waals surface area contributed by atoms with Crippen molar-refractivity contribution in [3.05, 3.63) is 35.6 Å². The van der Waals surface area contributed by atoms with Gasteiger partial charge in [0.15, 0.2) is 0 Å². The number of esters is 1. The molecule has 100 valence electrons. The number of rotatable bonds is 6. The number of carbonyl (C=O) groups excluding carboxylic acids is 1. The van der Waals surface area contributed by atoms with Crippen molar-refractivity contribution >= 4 is 17.7 Å². The summed E-state index contributed by atoms with van der Waals surface area (Å²) in [5.74, 6) is -0.351. The second kappa shape index (κ2) is 7.38. The summed E-state index contributed by atoms with van der Waals surface area (Å²) in [5, 5.41) is -0.120. The molecule has 0 bridgehead atoms. The predicted octanol–water partition coefficient (Wildman–Crippen LogP) is 2.51. The van der Waals surface area contributed by atoms with Gasteiger partial charge in [0.25, 0.3) is 0 Å². The highest BCUT2D eigenvalue weighted by molar-refractivity contribution is 8.00. The number of nitrogens with two attached hydrogens (primary N) is 1. The number of thioether (sulfide) groups is 1. The lowest BCUT2D eigenvalue weighted by atomic mass is 10.1. The van der Waals surface area contributed by atoms with Crippen molar-refractivity contribution < 1.29 is 13.9 Å². The van der Waals surface area contributed by atoms with Gasteiger partial charge in [0.05, 0.1) is 12.4 Å². The number of benzene rings is 1. The molecule has 0 aliphatic rings. The van der Waals surface area contributed by atoms with Gasteiger partial charge in [-0.3, -0.25) is 4.79 Å². The summed E-state index contributed by atoms with van der Waals surface area (Å²) in [6.07, 6.45) is 0. The fourth-order valence-electron chi connectivity index (χ4n) is 1.60. The van der Waals surface area contributed by atoms with Crippen molar-refractivity contribution in [1.29, 1.82) is 0 Å². The van der Waals surface area contributed by atoms with Crippen molar-refractivity contribution in [3.8, 4) is 0 Å². The fourth-order valence-corrected chi connectivity index (χ4v) is 2.64. The zero-order valence-electron chi connectivity index (χ0n) is 10.6. The summed E-state index contributed by atoms with van der Waals surface area (Å²) in [6.45, 7) is 3.97. The van der Waals surface area contributed by atoms with Gasteiger partial charge in [-0.2, -0.15) is 0 Å². The molecule has 0 amide bonds. The third kappa shape index (κ3) is 4.66. The normalized spacial score (nSPS) is 14.0. The van der Waals surface area contributed by atoms with Gasteiger partial charge in [0.1, 0.15) is 5.82 Å². The minimum atomic E-state index is -0.296. The number of ether oxygens (including phenoxy) is 1. The van der Waals surface area contributed by atoms with Crippen molar-refractivity contribution in [2.45, 2.75) is 25.1 Å². The lowest BCUT2D eigenvalue weighted by Gasteiger charge is -2.20. The van der Waals surface area contributed by atoms with E-state index in [1.807, 2.05) is 13.0 Å². The maximum Gasteiger partial charge on any atom is 0.315 e. The van der Waals surface area contributed by atoms with Gasteiger partial charge in [-0.05, 0) is 31.5 Å². The Morgan fingerprint density at radius 3 is 2.83 bits per heavy atom. The van der Waals surface area contributed by atoms with Crippen LogP contribution in [0.3, 0.4) is 0 Å². The molecule has 0 saturated heterocycles. The molecule has 0 radical (unpaired) electrons. The zero-order valence-corrected chi connectivity index (χ0v) is 11.4. The van der Waals surface area contributed by atoms with Gasteiger partial charge in [0, 0.05) is 11.3 Å². The van der Waals surface area contributed by atoms with Crippen LogP contribution >= 0.6 is 11.8 Å². The molecular formula is C13H18FNO2S. The Balaban J connectivity index is 2.69. The van der Waals surface area contributed by atoms with E-state index in [-0.39, 0.29) is 28.8 Å². The summed E-state index contributed by atoms with van der Waals surface area (Å²) in [5.41, 5.74) is 6.67. The van der Waals surface area contributed by atoms with Crippen molar-refractivity contribution in [1.82, 2.24) is 0 Å². The maximum atomic E-state index is 13.2. The van der Waals surface area contributed by atoms with Crippen LogP contribution in [0.25, 0.3) is 0 Å². The predicted molar refractivity (Wildman–Crippen MR) is 71.9 cm³/mol. The number of hydrogen-bond acceptors (Lipinski definition) is 4. The molecule has 2 atom stereocenters. The van der Waals surface area contributed by atoms with E-state index in [9.17, 15) is 9.18 Å². The molecule has 0 spiro atoms. The largest absolute Gasteiger partial charge is 0.465 e. The molecule has 0 aliphatic heterocycles. The highest BCUT2D eigenvalue weighted by atomic mass is 32.2. The quantitative estimate of drug-likeness (QED) is 0.808. The lowest BCUT2D eigenvalue weighted by molar-refractivity contribution is -0.139. The third-order valence-corrected chi connectivity index (χ3v) is 3.80. The first-order chi connectivity index (χ1) is 8.54. The van der Waals surface area contributed by atoms with Crippen LogP contribution in [0.1, 0.15) is 24.7 Å². The van der Waals surface area contributed by atoms with Gasteiger partial charge in [-0.25, -0.2) is 4.39 Å². The first-order valence-electron chi connectivity index (χ1n) is 5.83. The van der Waals surface area contributed by atoms with E-state index in [0.29, 0.717) is 6.61 Å². The standard InChI is InChI=1S/C13H18FNO2S/c1-3-17-12(16)8-18-13(9(2)15)10-5-4-6-11(14)7-10/h4-7,9,13H,3,8,15H2,1-2H3. The smallest absolute Gasteiger partial charge is 0.315 e. The molecule has 0 aromatic heterocycles. The fraction of sp³-hybridized carbons (Fsp3) is 0.462. The van der Waals surface area contributed by atoms with E-state index in [1.165, 1.54) is 23.9 Å². The van der Waals surface area contributed by atoms with Crippen LogP contribution in [0.5, 0.6) is 0 Å². The van der Waals surface area contributed by atoms with Gasteiger partial charge in [-0.1, -0.05) is 12.1 Å². The number of hydrogen-bond donors (Lipinski definition) is 1. The summed E-state index contributed by atoms with van der Waals surface area (Å²) in [6, 6.07) is 6.12. The van der Waals surface area contributed by atoms with Crippen molar-refractivity contribution in [3.63, 3.8) is 0 Å². The van der Waals surface area contributed by atoms with Crippen LogP contribution in [0.15, 0.2) is 24.3 Å². The summed E-state index contributed by atoms with van der Waals surface area (Å²) in [7, 11) is 0. The Hall–Kier alpha value is -1.07. The van der Waals surface area contributed by atoms with Crippen LogP contribution in [0.4, 0.5) is 4.39 Å². The second-order valence-electron chi connectivity index (χ2n) is 3.95. The average molecular weight is 271 g/mol. The molecular weight excluding hydrogens is 253 g/mol. The summed E-state index contributed by atoms with van der Waals surface area (Å²) in [4.78, 5) is 11.3. The molecule has 2 N–H and O–H groups in total. The number of halogens is 1. The monoisotopic (exact) mass is 271 g/mol. The van der Waals surface area contributed by atoms with E-state index < -0.39 is 0 Å². The van der Waals surface area contributed by atoms with Gasteiger partial charge in [0.2, 0.25) is 0 Å². The summed E-state index contributed by atoms with van der Waals surface area (Å²) >= 11 is 1.37. The molecule has 1 rings (SSSR count). The Morgan fingerprint density at radius 1 is 1.56 bits per heavy atom. The van der Waals surface area contributed by atoms with E-state index in [1.54, 1.807) is 13.0 Å². The molecule has 0 aliphatic carbocycles. The molecule has 1 aromatic carbocycles. The maximum absolute atomic E-state index is 13.2. The van der Waals surface area contributed by atoms with Crippen LogP contribution in [0.2, 0.25) is 0 Å². The Bertz CT molecular complexity index is 398. The molecule has 18 heavy (non-hydrogen) atoms. The second-order valence-corrected chi connectivity index (χ2v) is 5.08. The minimum absolute atomic E-state index is 0.120. The molecule has 5 heteroatoms. The van der Waals surface area contributed by atoms with Gasteiger partial charge < -0.3 is 10.5 Å². The van der Waals surface area contributed by atoms with E-state index in [0.717, 1.165) is 5.56 Å². The van der Waals surface area contributed by atoms with Crippen LogP contribution < -0.4 is 5.73 Å². The highest BCUT2D eigenvalue weighted by Crippen LogP contribution is 2.31. The first-order valence-corrected chi connectivity index (χ1v) is 6.87. The molecule has 2 unspecified atom stereocenters. The van der Waals surface area contributed by atoms with Crippen LogP contribution in [-0.2, 0) is 9.53 Å². The molecule has 0 heterocycles. The first kappa shape index (κ1) is 15.0. The molecule has 0 saturated carbocycles. The topological polar surface area (TPSA) is 52.3 Å². The van der Waals surface area contributed by atoms with Crippen LogP contribution in [0, 0.1) is 5.82 Å². The Labute approximate surface area is 111 Å². The Kier molecular flexibility index (Phi) is 6.15. The van der Waals surface area contributed by atoms with Gasteiger partial charge >= 0.3 is 5.97 Å². The van der Waals surface area contributed by atoms with E-state index in [2.05, 4.69) is 0 Å². The van der Waals surface area contributed by atoms with Crippen molar-refractivity contribution in [2.75, 3.05) is 12.4 Å². The SMILES string of the molecule is CCOC(=O)CSC(c1cccc(F)c1)C(C)N. The van der Waals surface area contributed by atoms with Gasteiger partial charge in [-0.15, -0.1) is 11.8 Å². The molecule has 3 nitrogen and oxygen atoms in total. The van der Waals surface area contributed by atoms with E-state index in [4.69, 9.17) is 10.5 Å². The zero-order chi connectivity index (χ0) is 13.5. The Morgan fingerprint density at radius 2 is 2.28 bits per heavy atom. The third-order valence-electron chi connectivity index (χ3n) is 2.34. The van der Waals surface area contributed by atoms with E-state index >= 15 is 0 Å². The number of carbonyl (C=O) groups is 1. The van der Waals surface area contributed by atoms with Crippen molar-refractivity contribution in [2.24, 2.45) is 5.73 Å². The minimum Gasteiger partial charge on any atom is -0.465 e. The van der Waals surface area contributed by atoms with Crippen LogP contribution in [-0.4, -0.2) is 24.4 Å². The average Bonchev–Trinajstić information content (AvgIpc) is 2.29.